The molecule has 2 atom stereocenters. The molecule has 1 fully saturated rings. The summed E-state index contributed by atoms with van der Waals surface area (Å²) in [5, 5.41) is 18.0. The van der Waals surface area contributed by atoms with Gasteiger partial charge in [0.15, 0.2) is 0 Å². The number of carbonyl (C=O) groups is 2. The van der Waals surface area contributed by atoms with Gasteiger partial charge in [0.1, 0.15) is 0 Å². The molecule has 2 N–H and O–H groups in total. The third-order valence-corrected chi connectivity index (χ3v) is 4.83. The van der Waals surface area contributed by atoms with Crippen molar-refractivity contribution in [3.63, 3.8) is 0 Å². The Hall–Kier alpha value is -2.02. The van der Waals surface area contributed by atoms with Crippen molar-refractivity contribution in [2.75, 3.05) is 26.2 Å². The molecule has 0 bridgehead atoms. The lowest BCUT2D eigenvalue weighted by Crippen LogP contribution is -2.48. The Kier molecular flexibility index (Phi) is 8.96. The first-order chi connectivity index (χ1) is 13.7. The number of hydrogen-bond donors (Lipinski definition) is 2. The van der Waals surface area contributed by atoms with E-state index < -0.39 is 74.9 Å². The highest BCUT2D eigenvalue weighted by atomic mass is 19.3. The maximum Gasteiger partial charge on any atom is 0.407 e. The van der Waals surface area contributed by atoms with Crippen molar-refractivity contribution in [2.45, 2.75) is 50.4 Å². The Balaban J connectivity index is 2.77. The van der Waals surface area contributed by atoms with Crippen LogP contribution < -0.4 is 0 Å². The first kappa shape index (κ1) is 26.0. The average Bonchev–Trinajstić information content (AvgIpc) is 2.60. The molecule has 176 valence electrons. The van der Waals surface area contributed by atoms with Crippen molar-refractivity contribution < 1.29 is 54.9 Å². The lowest BCUT2D eigenvalue weighted by Gasteiger charge is -2.35. The van der Waals surface area contributed by atoms with E-state index in [0.717, 1.165) is 0 Å². The van der Waals surface area contributed by atoms with Gasteiger partial charge in [-0.25, -0.2) is 27.2 Å². The fourth-order valence-electron chi connectivity index (χ4n) is 3.42. The molecule has 1 saturated carbocycles. The second-order valence-electron chi connectivity index (χ2n) is 7.35. The normalized spacial score (nSPS) is 20.5. The minimum Gasteiger partial charge on any atom is -0.465 e. The lowest BCUT2D eigenvalue weighted by molar-refractivity contribution is -0.141. The molecule has 0 aromatic rings. The number of alkyl halides is 8. The maximum atomic E-state index is 13.2. The molecule has 0 heterocycles. The van der Waals surface area contributed by atoms with Crippen LogP contribution in [0.1, 0.15) is 25.7 Å². The molecule has 2 amide bonds. The Morgan fingerprint density at radius 3 is 1.40 bits per heavy atom. The van der Waals surface area contributed by atoms with Gasteiger partial charge in [-0.1, -0.05) is 6.42 Å². The minimum atomic E-state index is -4.56. The van der Waals surface area contributed by atoms with Crippen LogP contribution in [0.2, 0.25) is 0 Å². The van der Waals surface area contributed by atoms with E-state index in [-0.39, 0.29) is 16.2 Å². The zero-order valence-corrected chi connectivity index (χ0v) is 15.6. The fraction of sp³-hybridized carbons (Fsp3) is 0.875. The van der Waals surface area contributed by atoms with Crippen molar-refractivity contribution in [2.24, 2.45) is 11.8 Å². The van der Waals surface area contributed by atoms with Crippen LogP contribution in [-0.4, -0.2) is 83.1 Å². The number of amides is 2. The molecule has 0 spiro atoms. The quantitative estimate of drug-likeness (QED) is 0.471. The second kappa shape index (κ2) is 10.3. The van der Waals surface area contributed by atoms with Gasteiger partial charge in [-0.05, 0) is 31.1 Å². The van der Waals surface area contributed by atoms with Gasteiger partial charge in [-0.3, -0.25) is 0 Å². The summed E-state index contributed by atoms with van der Waals surface area (Å²) in [5.74, 6) is -10.3. The van der Waals surface area contributed by atoms with Crippen molar-refractivity contribution in [3.8, 4) is 0 Å². The fourth-order valence-corrected chi connectivity index (χ4v) is 3.42. The summed E-state index contributed by atoms with van der Waals surface area (Å²) in [6.45, 7) is -4.53. The smallest absolute Gasteiger partial charge is 0.407 e. The third-order valence-electron chi connectivity index (χ3n) is 4.83. The van der Waals surface area contributed by atoms with Crippen molar-refractivity contribution in [3.05, 3.63) is 0 Å². The van der Waals surface area contributed by atoms with E-state index in [9.17, 15) is 44.7 Å². The Bertz CT molecular complexity index is 546. The zero-order chi connectivity index (χ0) is 23.3. The van der Waals surface area contributed by atoms with Gasteiger partial charge >= 0.3 is 36.9 Å². The van der Waals surface area contributed by atoms with Gasteiger partial charge in [0.05, 0.1) is 13.1 Å². The molecule has 0 aromatic heterocycles. The molecule has 1 aliphatic rings. The molecular formula is C16H22F8N2O4. The summed E-state index contributed by atoms with van der Waals surface area (Å²) in [4.78, 5) is 22.6. The van der Waals surface area contributed by atoms with Gasteiger partial charge in [0, 0.05) is 13.1 Å². The lowest BCUT2D eigenvalue weighted by atomic mass is 9.81. The topological polar surface area (TPSA) is 81.1 Å². The number of halogens is 8. The standard InChI is InChI=1S/C16H22F8N2O4/c17-11(18)15(21,22)7-25(13(27)28)5-9-2-1-3-10(4-9)6-26(14(29)30)8-16(23,24)12(19)20/h9-12H,1-8H2,(H,27,28)(H,29,30). The van der Waals surface area contributed by atoms with Crippen LogP contribution in [0, 0.1) is 11.8 Å². The van der Waals surface area contributed by atoms with Gasteiger partial charge in [-0.2, -0.15) is 17.6 Å². The van der Waals surface area contributed by atoms with Gasteiger partial charge in [0.25, 0.3) is 0 Å². The second-order valence-corrected chi connectivity index (χ2v) is 7.35. The Labute approximate surface area is 166 Å². The molecule has 1 aliphatic carbocycles. The summed E-state index contributed by atoms with van der Waals surface area (Å²) in [7, 11) is 0. The zero-order valence-electron chi connectivity index (χ0n) is 15.6. The van der Waals surface area contributed by atoms with Crippen molar-refractivity contribution >= 4 is 12.2 Å². The highest BCUT2D eigenvalue weighted by molar-refractivity contribution is 5.65. The number of carboxylic acid groups (broad SMARTS) is 2. The van der Waals surface area contributed by atoms with E-state index in [1.54, 1.807) is 0 Å². The van der Waals surface area contributed by atoms with E-state index in [0.29, 0.717) is 19.3 Å². The highest BCUT2D eigenvalue weighted by Crippen LogP contribution is 2.33. The minimum absolute atomic E-state index is 0.0358. The third kappa shape index (κ3) is 7.67. The van der Waals surface area contributed by atoms with Crippen LogP contribution >= 0.6 is 0 Å². The molecule has 2 unspecified atom stereocenters. The van der Waals surface area contributed by atoms with Gasteiger partial charge in [-0.15, -0.1) is 0 Å². The van der Waals surface area contributed by atoms with Crippen molar-refractivity contribution in [1.29, 1.82) is 0 Å². The molecule has 1 rings (SSSR count). The van der Waals surface area contributed by atoms with Crippen LogP contribution in [0.15, 0.2) is 0 Å². The Morgan fingerprint density at radius 1 is 0.800 bits per heavy atom. The molecule has 14 heteroatoms. The number of rotatable bonds is 10. The summed E-state index contributed by atoms with van der Waals surface area (Å²) in [6, 6.07) is 0. The van der Waals surface area contributed by atoms with Crippen LogP contribution in [0.4, 0.5) is 44.7 Å². The molecule has 0 saturated heterocycles. The predicted octanol–water partition coefficient (Wildman–Crippen LogP) is 4.55. The highest BCUT2D eigenvalue weighted by Gasteiger charge is 2.45. The molecule has 30 heavy (non-hydrogen) atoms. The molecule has 0 aliphatic heterocycles. The van der Waals surface area contributed by atoms with Crippen LogP contribution in [-0.2, 0) is 0 Å². The number of hydrogen-bond acceptors (Lipinski definition) is 2. The predicted molar refractivity (Wildman–Crippen MR) is 86.5 cm³/mol. The summed E-state index contributed by atoms with van der Waals surface area (Å²) in [6.07, 6.45) is -10.8. The first-order valence-corrected chi connectivity index (χ1v) is 8.93. The SMILES string of the molecule is O=C(O)N(CC1CCCC(CN(CC(F)(F)C(F)F)C(=O)O)C1)CC(F)(F)C(F)F. The summed E-state index contributed by atoms with van der Waals surface area (Å²) in [5.41, 5.74) is 0. The molecule has 0 radical (unpaired) electrons. The Morgan fingerprint density at radius 2 is 1.13 bits per heavy atom. The van der Waals surface area contributed by atoms with E-state index in [2.05, 4.69) is 0 Å². The summed E-state index contributed by atoms with van der Waals surface area (Å²) >= 11 is 0. The largest absolute Gasteiger partial charge is 0.465 e. The van der Waals surface area contributed by atoms with Gasteiger partial charge in [0.2, 0.25) is 0 Å². The van der Waals surface area contributed by atoms with Crippen LogP contribution in [0.25, 0.3) is 0 Å². The van der Waals surface area contributed by atoms with E-state index >= 15 is 0 Å². The number of nitrogens with zero attached hydrogens (tertiary/aromatic N) is 2. The van der Waals surface area contributed by atoms with Crippen molar-refractivity contribution in [1.82, 2.24) is 9.80 Å². The molecule has 6 nitrogen and oxygen atoms in total. The van der Waals surface area contributed by atoms with E-state index in [4.69, 9.17) is 10.2 Å². The van der Waals surface area contributed by atoms with Crippen LogP contribution in [0.5, 0.6) is 0 Å². The average molecular weight is 458 g/mol. The summed E-state index contributed by atoms with van der Waals surface area (Å²) < 4.78 is 102. The molecular weight excluding hydrogens is 436 g/mol. The van der Waals surface area contributed by atoms with Gasteiger partial charge < -0.3 is 20.0 Å². The van der Waals surface area contributed by atoms with E-state index in [1.807, 2.05) is 0 Å². The van der Waals surface area contributed by atoms with E-state index in [1.165, 1.54) is 0 Å². The molecule has 0 aromatic carbocycles. The maximum absolute atomic E-state index is 13.2. The first-order valence-electron chi connectivity index (χ1n) is 8.93. The van der Waals surface area contributed by atoms with Crippen LogP contribution in [0.3, 0.4) is 0 Å². The monoisotopic (exact) mass is 458 g/mol.